The molecule has 0 unspecified atom stereocenters. The maximum absolute atomic E-state index is 11.3. The number of aromatic carboxylic acids is 1. The van der Waals surface area contributed by atoms with Gasteiger partial charge in [-0.3, -0.25) is 0 Å². The van der Waals surface area contributed by atoms with Crippen LogP contribution in [-0.4, -0.2) is 33.8 Å². The van der Waals surface area contributed by atoms with E-state index >= 15 is 0 Å². The summed E-state index contributed by atoms with van der Waals surface area (Å²) in [6.07, 6.45) is 0. The van der Waals surface area contributed by atoms with E-state index in [1.54, 1.807) is 18.2 Å². The first-order chi connectivity index (χ1) is 12.8. The lowest BCUT2D eigenvalue weighted by Gasteiger charge is -2.28. The first kappa shape index (κ1) is 21.6. The van der Waals surface area contributed by atoms with E-state index in [-0.39, 0.29) is 5.56 Å². The minimum atomic E-state index is -1.01. The molecule has 0 spiro atoms. The van der Waals surface area contributed by atoms with Crippen LogP contribution in [0.25, 0.3) is 0 Å². The van der Waals surface area contributed by atoms with Crippen LogP contribution in [0.3, 0.4) is 0 Å². The van der Waals surface area contributed by atoms with E-state index in [4.69, 9.17) is 0 Å². The molecule has 2 rings (SSSR count). The van der Waals surface area contributed by atoms with Crippen molar-refractivity contribution >= 4 is 54.9 Å². The third-order valence-electron chi connectivity index (χ3n) is 3.89. The summed E-state index contributed by atoms with van der Waals surface area (Å²) in [6, 6.07) is 12.6. The van der Waals surface area contributed by atoms with Crippen molar-refractivity contribution in [2.24, 2.45) is 10.2 Å². The molecule has 0 saturated heterocycles. The smallest absolute Gasteiger partial charge is 0.337 e. The Bertz CT molecular complexity index is 813. The van der Waals surface area contributed by atoms with Gasteiger partial charge in [-0.1, -0.05) is 57.8 Å². The number of hydrogen-bond acceptors (Lipinski definition) is 4. The number of benzene rings is 2. The highest BCUT2D eigenvalue weighted by molar-refractivity contribution is 9.09. The quantitative estimate of drug-likeness (QED) is 0.336. The van der Waals surface area contributed by atoms with Gasteiger partial charge < -0.3 is 10.0 Å². The second-order valence-corrected chi connectivity index (χ2v) is 9.59. The fraction of sp³-hybridized carbons (Fsp3) is 0.350. The van der Waals surface area contributed by atoms with Crippen LogP contribution in [0.2, 0.25) is 0 Å². The van der Waals surface area contributed by atoms with E-state index < -0.39 is 5.97 Å². The van der Waals surface area contributed by atoms with Gasteiger partial charge in [0.1, 0.15) is 5.69 Å². The lowest BCUT2D eigenvalue weighted by molar-refractivity contribution is 0.0697. The number of carboxylic acid groups (broad SMARTS) is 1. The summed E-state index contributed by atoms with van der Waals surface area (Å²) in [7, 11) is 0. The van der Waals surface area contributed by atoms with E-state index in [0.717, 1.165) is 30.0 Å². The maximum Gasteiger partial charge on any atom is 0.337 e. The number of aryl methyl sites for hydroxylation is 1. The number of anilines is 1. The number of hydrogen-bond donors (Lipinski definition) is 1. The third-order valence-corrected chi connectivity index (χ3v) is 4.47. The molecule has 0 heterocycles. The molecule has 0 fully saturated rings. The average molecular weight is 497 g/mol. The first-order valence-electron chi connectivity index (χ1n) is 8.65. The lowest BCUT2D eigenvalue weighted by atomic mass is 10.1. The third kappa shape index (κ3) is 6.43. The summed E-state index contributed by atoms with van der Waals surface area (Å²) >= 11 is 7.25. The second-order valence-electron chi connectivity index (χ2n) is 6.46. The fourth-order valence-corrected chi connectivity index (χ4v) is 3.39. The van der Waals surface area contributed by atoms with E-state index in [2.05, 4.69) is 66.9 Å². The number of rotatable bonds is 8. The zero-order chi connectivity index (χ0) is 20.0. The molecular weight excluding hydrogens is 474 g/mol. The van der Waals surface area contributed by atoms with Crippen LogP contribution in [0.4, 0.5) is 17.1 Å². The van der Waals surface area contributed by atoms with Gasteiger partial charge in [-0.2, -0.15) is 5.11 Å². The van der Waals surface area contributed by atoms with E-state index in [0.29, 0.717) is 15.3 Å². The van der Waals surface area contributed by atoms with E-state index in [9.17, 15) is 9.90 Å². The van der Waals surface area contributed by atoms with Crippen LogP contribution in [0.1, 0.15) is 29.8 Å². The van der Waals surface area contributed by atoms with Gasteiger partial charge in [-0.25, -0.2) is 4.79 Å². The summed E-state index contributed by atoms with van der Waals surface area (Å²) in [4.78, 5) is 14.3. The molecule has 2 atom stereocenters. The van der Waals surface area contributed by atoms with Gasteiger partial charge in [0.2, 0.25) is 0 Å². The number of halogens is 2. The normalized spacial score (nSPS) is 13.5. The molecule has 0 aliphatic carbocycles. The lowest BCUT2D eigenvalue weighted by Crippen LogP contribution is -2.33. The molecule has 0 bridgehead atoms. The van der Waals surface area contributed by atoms with E-state index in [1.165, 1.54) is 6.07 Å². The van der Waals surface area contributed by atoms with Crippen molar-refractivity contribution in [2.75, 3.05) is 18.0 Å². The van der Waals surface area contributed by atoms with Crippen molar-refractivity contribution in [3.8, 4) is 0 Å². The Morgan fingerprint density at radius 3 is 2.19 bits per heavy atom. The molecule has 0 aromatic heterocycles. The number of alkyl halides is 2. The fourth-order valence-electron chi connectivity index (χ4n) is 2.69. The molecule has 1 N–H and O–H groups in total. The minimum absolute atomic E-state index is 0.138. The monoisotopic (exact) mass is 495 g/mol. The summed E-state index contributed by atoms with van der Waals surface area (Å²) < 4.78 is 0. The molecule has 0 saturated carbocycles. The highest BCUT2D eigenvalue weighted by atomic mass is 79.9. The SMILES string of the molecule is Cc1cc(N(C[C@@H](C)Br)C[C@@H](C)Br)ccc1N=Nc1ccccc1C(=O)O. The van der Waals surface area contributed by atoms with Gasteiger partial charge in [0.05, 0.1) is 11.3 Å². The molecule has 0 radical (unpaired) electrons. The topological polar surface area (TPSA) is 65.3 Å². The van der Waals surface area contributed by atoms with Crippen molar-refractivity contribution < 1.29 is 9.90 Å². The summed E-state index contributed by atoms with van der Waals surface area (Å²) in [5.74, 6) is -1.01. The Balaban J connectivity index is 2.27. The Hall–Kier alpha value is -1.73. The molecule has 0 aliphatic heterocycles. The first-order valence-corrected chi connectivity index (χ1v) is 10.5. The standard InChI is InChI=1S/C20H23Br2N3O2/c1-13-10-16(25(11-14(2)21)12-15(3)22)8-9-18(13)23-24-19-7-5-4-6-17(19)20(26)27/h4-10,14-15H,11-12H2,1-3H3,(H,26,27)/t14-,15-/m1/s1. The number of carboxylic acids is 1. The molecule has 7 heteroatoms. The number of carbonyl (C=O) groups is 1. The van der Waals surface area contributed by atoms with Crippen LogP contribution in [0, 0.1) is 6.92 Å². The molecule has 2 aromatic carbocycles. The van der Waals surface area contributed by atoms with Crippen LogP contribution in [-0.2, 0) is 0 Å². The predicted octanol–water partition coefficient (Wildman–Crippen LogP) is 6.48. The van der Waals surface area contributed by atoms with E-state index in [1.807, 2.05) is 19.1 Å². The highest BCUT2D eigenvalue weighted by Crippen LogP contribution is 2.28. The number of nitrogens with zero attached hydrogens (tertiary/aromatic N) is 3. The van der Waals surface area contributed by atoms with Crippen molar-refractivity contribution in [1.29, 1.82) is 0 Å². The van der Waals surface area contributed by atoms with Crippen molar-refractivity contribution in [2.45, 2.75) is 30.4 Å². The summed E-state index contributed by atoms with van der Waals surface area (Å²) in [5, 5.41) is 17.7. The van der Waals surface area contributed by atoms with Crippen molar-refractivity contribution in [3.05, 3.63) is 53.6 Å². The summed E-state index contributed by atoms with van der Waals surface area (Å²) in [5.41, 5.74) is 3.31. The molecular formula is C20H23Br2N3O2. The zero-order valence-corrected chi connectivity index (χ0v) is 18.7. The Morgan fingerprint density at radius 2 is 1.63 bits per heavy atom. The van der Waals surface area contributed by atoms with Gasteiger partial charge >= 0.3 is 5.97 Å². The molecule has 2 aromatic rings. The van der Waals surface area contributed by atoms with Crippen LogP contribution >= 0.6 is 31.9 Å². The minimum Gasteiger partial charge on any atom is -0.478 e. The van der Waals surface area contributed by atoms with Crippen LogP contribution in [0.5, 0.6) is 0 Å². The van der Waals surface area contributed by atoms with Gasteiger partial charge in [-0.05, 0) is 42.8 Å². The van der Waals surface area contributed by atoms with Gasteiger partial charge in [0, 0.05) is 28.4 Å². The maximum atomic E-state index is 11.3. The Labute approximate surface area is 176 Å². The molecule has 0 amide bonds. The highest BCUT2D eigenvalue weighted by Gasteiger charge is 2.13. The van der Waals surface area contributed by atoms with Crippen molar-refractivity contribution in [1.82, 2.24) is 0 Å². The second kappa shape index (κ2) is 9.99. The van der Waals surface area contributed by atoms with Gasteiger partial charge in [-0.15, -0.1) is 5.11 Å². The largest absolute Gasteiger partial charge is 0.478 e. The van der Waals surface area contributed by atoms with Crippen LogP contribution < -0.4 is 4.90 Å². The van der Waals surface area contributed by atoms with Crippen LogP contribution in [0.15, 0.2) is 52.7 Å². The summed E-state index contributed by atoms with van der Waals surface area (Å²) in [6.45, 7) is 8.02. The predicted molar refractivity (Wildman–Crippen MR) is 118 cm³/mol. The zero-order valence-electron chi connectivity index (χ0n) is 15.6. The number of azo groups is 1. The Kier molecular flexibility index (Phi) is 7.98. The average Bonchev–Trinajstić information content (AvgIpc) is 2.59. The Morgan fingerprint density at radius 1 is 1.04 bits per heavy atom. The van der Waals surface area contributed by atoms with Gasteiger partial charge in [0.25, 0.3) is 0 Å². The van der Waals surface area contributed by atoms with Gasteiger partial charge in [0.15, 0.2) is 0 Å². The van der Waals surface area contributed by atoms with Crippen molar-refractivity contribution in [3.63, 3.8) is 0 Å². The molecule has 0 aliphatic rings. The molecule has 27 heavy (non-hydrogen) atoms. The molecule has 5 nitrogen and oxygen atoms in total. The molecule has 144 valence electrons.